The molecule has 0 saturated carbocycles. The van der Waals surface area contributed by atoms with Crippen LogP contribution in [0.25, 0.3) is 22.3 Å². The van der Waals surface area contributed by atoms with Gasteiger partial charge in [0.25, 0.3) is 0 Å². The van der Waals surface area contributed by atoms with Crippen molar-refractivity contribution < 1.29 is 90.0 Å². The Morgan fingerprint density at radius 3 is 1.35 bits per heavy atom. The van der Waals surface area contributed by atoms with Gasteiger partial charge in [-0.05, 0) is 0 Å². The van der Waals surface area contributed by atoms with Crippen LogP contribution in [0.1, 0.15) is 12.5 Å². The number of rotatable bonds is 16. The maximum atomic E-state index is 12.7. The summed E-state index contributed by atoms with van der Waals surface area (Å²) in [5.41, 5.74) is 11.9. The van der Waals surface area contributed by atoms with E-state index in [4.69, 9.17) is 37.6 Å². The second-order valence-corrected chi connectivity index (χ2v) is 22.7. The minimum atomic E-state index is -5.70. The molecule has 0 aromatic carbocycles. The van der Waals surface area contributed by atoms with Crippen LogP contribution in [0.15, 0.2) is 25.3 Å². The van der Waals surface area contributed by atoms with Crippen molar-refractivity contribution in [3.8, 4) is 0 Å². The van der Waals surface area contributed by atoms with Crippen molar-refractivity contribution in [3.05, 3.63) is 25.3 Å². The first-order chi connectivity index (χ1) is 26.4. The zero-order valence-electron chi connectivity index (χ0n) is 28.4. The topological polar surface area (TPSA) is 442 Å². The Kier molecular flexibility index (Phi) is 12.4. The van der Waals surface area contributed by atoms with Crippen molar-refractivity contribution >= 4 is 79.4 Å². The molecule has 12 atom stereocenters. The number of fused-ring (bicyclic) bond motifs is 2. The standard InChI is InChI=1S/C22H32BN10O19P5/c23-57(46,51-55(42,43)7-53(38,39)47-1-9-13(34)15(36)21(49-9)32-5-30-11-17(24)26-3-28-19(11)32)52-56(44,45)8-54(40,41)48-2-10-14(35)16(37)22(50-10)33-6-31-12-18(25)27-4-29-20(12)33/h3-6,9-10,13-16,21-22,34-37H,1-2,7-8H2,(H,38,39)(H,40,41)(H,42,43)(H,44,45)(H2,24,26,28)(H2,25,27,29)/q-1/t9-,10-,13-,14-,15-,16-,21-,22-/m1/s1. The van der Waals surface area contributed by atoms with Crippen LogP contribution in [-0.4, -0.2) is 148 Å². The Morgan fingerprint density at radius 2 is 0.982 bits per heavy atom. The summed E-state index contributed by atoms with van der Waals surface area (Å²) in [5, 5.41) is 42.0. The van der Waals surface area contributed by atoms with Gasteiger partial charge in [-0.3, -0.25) is 36.0 Å². The van der Waals surface area contributed by atoms with E-state index >= 15 is 0 Å². The Hall–Kier alpha value is -2.65. The molecular weight excluding hydrogens is 874 g/mol. The number of aliphatic hydroxyl groups is 4. The highest BCUT2D eigenvalue weighted by Crippen LogP contribution is 2.72. The fraction of sp³-hybridized carbons (Fsp3) is 0.545. The van der Waals surface area contributed by atoms with Crippen LogP contribution >= 0.6 is 37.9 Å². The van der Waals surface area contributed by atoms with E-state index in [-0.39, 0.29) is 34.0 Å². The lowest BCUT2D eigenvalue weighted by molar-refractivity contribution is -0.0483. The van der Waals surface area contributed by atoms with Crippen LogP contribution in [-0.2, 0) is 50.0 Å². The van der Waals surface area contributed by atoms with E-state index < -0.39 is 112 Å². The largest absolute Gasteiger partial charge is 0.443 e. The monoisotopic (exact) mass is 906 g/mol. The molecular formula is C22H32BN10O19P5-. The summed E-state index contributed by atoms with van der Waals surface area (Å²) in [6.07, 6.45) is -8.19. The molecule has 57 heavy (non-hydrogen) atoms. The van der Waals surface area contributed by atoms with E-state index in [1.165, 1.54) is 9.13 Å². The summed E-state index contributed by atoms with van der Waals surface area (Å²) >= 11 is 0. The zero-order valence-corrected chi connectivity index (χ0v) is 32.8. The number of nitrogens with two attached hydrogens (primary N) is 2. The van der Waals surface area contributed by atoms with E-state index in [1.54, 1.807) is 0 Å². The molecule has 2 aliphatic rings. The second kappa shape index (κ2) is 16.1. The highest BCUT2D eigenvalue weighted by atomic mass is 31.3. The van der Waals surface area contributed by atoms with Gasteiger partial charge in [-0.2, -0.15) is 0 Å². The Balaban J connectivity index is 1.00. The Morgan fingerprint density at radius 1 is 0.614 bits per heavy atom. The third kappa shape index (κ3) is 9.88. The van der Waals surface area contributed by atoms with E-state index in [0.29, 0.717) is 0 Å². The van der Waals surface area contributed by atoms with Gasteiger partial charge in [-0.1, -0.05) is 0 Å². The van der Waals surface area contributed by atoms with Crippen molar-refractivity contribution in [2.45, 2.75) is 49.1 Å². The number of imidazole rings is 2. The minimum absolute atomic E-state index is 0.00616. The SMILES string of the molecule is [B-]P(=O)(OP(=O)(O)CP(=O)(O)OC[C@H]1O[C@@H](n2cnc3c(N)ncnc32)[C@H](O)[C@@H]1O)OP(=O)(O)CP(=O)(O)OC[C@H]1O[C@@H](n2cnc3c(N)ncnc32)[C@H](O)[C@@H]1O. The molecule has 2 saturated heterocycles. The summed E-state index contributed by atoms with van der Waals surface area (Å²) < 4.78 is 94.7. The average Bonchev–Trinajstić information content (AvgIpc) is 3.83. The van der Waals surface area contributed by atoms with Gasteiger partial charge in [0.15, 0.2) is 47.2 Å². The van der Waals surface area contributed by atoms with E-state index in [1.807, 2.05) is 0 Å². The lowest BCUT2D eigenvalue weighted by atomic mass is 10.1. The molecule has 4 aromatic rings. The van der Waals surface area contributed by atoms with E-state index in [2.05, 4.69) is 38.5 Å². The number of nitrogens with zero attached hydrogens (tertiary/aromatic N) is 8. The fourth-order valence-corrected chi connectivity index (χ4v) is 15.2. The Labute approximate surface area is 319 Å². The second-order valence-electron chi connectivity index (χ2n) is 12.4. The lowest BCUT2D eigenvalue weighted by Gasteiger charge is -2.30. The molecule has 0 bridgehead atoms. The number of anilines is 2. The minimum Gasteiger partial charge on any atom is -0.443 e. The highest BCUT2D eigenvalue weighted by Gasteiger charge is 2.48. The van der Waals surface area contributed by atoms with Crippen LogP contribution in [0.3, 0.4) is 0 Å². The van der Waals surface area contributed by atoms with Crippen molar-refractivity contribution in [1.82, 2.24) is 39.0 Å². The molecule has 29 nitrogen and oxygen atoms in total. The summed E-state index contributed by atoms with van der Waals surface area (Å²) in [5.74, 6) is -3.75. The molecule has 6 rings (SSSR count). The number of aliphatic hydroxyl groups excluding tert-OH is 4. The first kappa shape index (κ1) is 43.9. The van der Waals surface area contributed by atoms with Crippen molar-refractivity contribution in [2.75, 3.05) is 36.5 Å². The van der Waals surface area contributed by atoms with Gasteiger partial charge in [-0.25, -0.2) is 29.9 Å². The number of nitrogen functional groups attached to an aromatic ring is 2. The van der Waals surface area contributed by atoms with Crippen LogP contribution in [0.4, 0.5) is 11.6 Å². The summed E-state index contributed by atoms with van der Waals surface area (Å²) in [6.45, 7) is -1.98. The van der Waals surface area contributed by atoms with Gasteiger partial charge in [0.1, 0.15) is 60.3 Å². The van der Waals surface area contributed by atoms with Crippen LogP contribution in [0, 0.1) is 0 Å². The lowest BCUT2D eigenvalue weighted by Crippen LogP contribution is -2.33. The molecule has 2 aliphatic heterocycles. The van der Waals surface area contributed by atoms with E-state index in [9.17, 15) is 62.8 Å². The predicted molar refractivity (Wildman–Crippen MR) is 188 cm³/mol. The van der Waals surface area contributed by atoms with Gasteiger partial charge in [-0.15, -0.1) is 0 Å². The molecule has 35 heteroatoms. The number of hydrogen-bond donors (Lipinski definition) is 10. The molecule has 4 aromatic heterocycles. The first-order valence-electron chi connectivity index (χ1n) is 15.6. The molecule has 0 amide bonds. The maximum Gasteiger partial charge on any atom is 0.344 e. The highest BCUT2D eigenvalue weighted by molar-refractivity contribution is 7.89. The van der Waals surface area contributed by atoms with Crippen molar-refractivity contribution in [2.24, 2.45) is 0 Å². The maximum absolute atomic E-state index is 12.7. The molecule has 0 aliphatic carbocycles. The van der Waals surface area contributed by atoms with Crippen LogP contribution in [0.5, 0.6) is 0 Å². The smallest absolute Gasteiger partial charge is 0.344 e. The van der Waals surface area contributed by atoms with Gasteiger partial charge in [0, 0.05) is 0 Å². The van der Waals surface area contributed by atoms with E-state index in [0.717, 1.165) is 25.3 Å². The number of hydrogen-bond acceptors (Lipinski definition) is 23. The summed E-state index contributed by atoms with van der Waals surface area (Å²) in [6, 6.07) is 0. The third-order valence-corrected chi connectivity index (χ3v) is 18.8. The molecule has 3 radical (unpaired) electrons. The fourth-order valence-electron chi connectivity index (χ4n) is 5.64. The Bertz CT molecular complexity index is 2230. The number of ether oxygens (including phenoxy) is 2. The molecule has 12 N–H and O–H groups in total. The van der Waals surface area contributed by atoms with Gasteiger partial charge < -0.3 is 82.1 Å². The zero-order chi connectivity index (χ0) is 41.9. The van der Waals surface area contributed by atoms with Crippen molar-refractivity contribution in [1.29, 1.82) is 0 Å². The first-order valence-corrected chi connectivity index (χ1v) is 24.3. The molecule has 313 valence electrons. The normalized spacial score (nSPS) is 30.8. The van der Waals surface area contributed by atoms with Crippen LogP contribution in [0.2, 0.25) is 0 Å². The molecule has 6 heterocycles. The third-order valence-electron chi connectivity index (χ3n) is 8.08. The summed E-state index contributed by atoms with van der Waals surface area (Å²) in [7, 11) is -22.4. The average molecular weight is 906 g/mol. The number of aromatic nitrogens is 8. The van der Waals surface area contributed by atoms with Crippen LogP contribution < -0.4 is 11.5 Å². The quantitative estimate of drug-likeness (QED) is 0.0432. The van der Waals surface area contributed by atoms with Crippen molar-refractivity contribution in [3.63, 3.8) is 0 Å². The van der Waals surface area contributed by atoms with Gasteiger partial charge in [0.2, 0.25) is 0 Å². The van der Waals surface area contributed by atoms with Gasteiger partial charge in [0.05, 0.1) is 33.3 Å². The van der Waals surface area contributed by atoms with Gasteiger partial charge >= 0.3 is 30.4 Å². The molecule has 0 spiro atoms. The summed E-state index contributed by atoms with van der Waals surface area (Å²) in [4.78, 5) is 64.3. The molecule has 2 fully saturated rings. The molecule has 4 unspecified atom stereocenters. The predicted octanol–water partition coefficient (Wildman–Crippen LogP) is -1.93.